The molecule has 38 heavy (non-hydrogen) atoms. The van der Waals surface area contributed by atoms with Crippen molar-refractivity contribution in [2.24, 2.45) is 5.41 Å². The number of halogens is 5. The lowest BCUT2D eigenvalue weighted by molar-refractivity contribution is -0.160. The topological polar surface area (TPSA) is 104 Å². The third-order valence-electron chi connectivity index (χ3n) is 6.81. The van der Waals surface area contributed by atoms with Gasteiger partial charge in [-0.3, -0.25) is 9.59 Å². The Labute approximate surface area is 229 Å². The molecular weight excluding hydrogens is 568 g/mol. The summed E-state index contributed by atoms with van der Waals surface area (Å²) in [7, 11) is -5.68. The maximum absolute atomic E-state index is 14.0. The number of hydrogen-bond acceptors (Lipinski definition) is 4. The Kier molecular flexibility index (Phi) is 9.07. The molecule has 1 fully saturated rings. The molecule has 0 bridgehead atoms. The van der Waals surface area contributed by atoms with Crippen molar-refractivity contribution in [1.82, 2.24) is 9.62 Å². The van der Waals surface area contributed by atoms with Gasteiger partial charge in [0.25, 0.3) is 0 Å². The molecule has 1 heterocycles. The summed E-state index contributed by atoms with van der Waals surface area (Å²) in [6.45, 7) is 2.38. The van der Waals surface area contributed by atoms with E-state index in [1.807, 2.05) is 0 Å². The Hall–Kier alpha value is -2.34. The number of amides is 1. The number of sulfonamides is 1. The van der Waals surface area contributed by atoms with Gasteiger partial charge in [0.2, 0.25) is 5.91 Å². The summed E-state index contributed by atoms with van der Waals surface area (Å²) in [5.41, 5.74) is -5.68. The van der Waals surface area contributed by atoms with Crippen molar-refractivity contribution in [3.63, 3.8) is 0 Å². The fourth-order valence-corrected chi connectivity index (χ4v) is 5.91. The second-order valence-corrected chi connectivity index (χ2v) is 12.2. The van der Waals surface area contributed by atoms with Crippen molar-refractivity contribution in [2.45, 2.75) is 56.6 Å². The van der Waals surface area contributed by atoms with E-state index >= 15 is 0 Å². The number of rotatable bonds is 9. The van der Waals surface area contributed by atoms with E-state index in [4.69, 9.17) is 23.2 Å². The first-order chi connectivity index (χ1) is 17.6. The van der Waals surface area contributed by atoms with Gasteiger partial charge in [-0.05, 0) is 48.2 Å². The number of carbonyl (C=O) groups excluding carboxylic acids is 1. The molecule has 0 aromatic heterocycles. The Bertz CT molecular complexity index is 1290. The molecule has 0 aliphatic carbocycles. The summed E-state index contributed by atoms with van der Waals surface area (Å²) in [5.74, 6) is -2.34. The number of hydrogen-bond donors (Lipinski definition) is 2. The van der Waals surface area contributed by atoms with Crippen LogP contribution in [0.4, 0.5) is 13.2 Å². The molecule has 1 saturated heterocycles. The molecule has 1 amide bonds. The fourth-order valence-electron chi connectivity index (χ4n) is 5.01. The molecule has 1 aliphatic heterocycles. The monoisotopic (exact) mass is 594 g/mol. The van der Waals surface area contributed by atoms with E-state index in [9.17, 15) is 36.3 Å². The fraction of sp³-hybridized carbons (Fsp3) is 0.440. The zero-order chi connectivity index (χ0) is 28.5. The molecule has 2 aromatic rings. The highest BCUT2D eigenvalue weighted by Gasteiger charge is 2.53. The van der Waals surface area contributed by atoms with Gasteiger partial charge in [-0.2, -0.15) is 13.2 Å². The Morgan fingerprint density at radius 3 is 2.32 bits per heavy atom. The van der Waals surface area contributed by atoms with Crippen molar-refractivity contribution in [3.05, 3.63) is 69.7 Å². The van der Waals surface area contributed by atoms with Gasteiger partial charge in [-0.25, -0.2) is 13.1 Å². The van der Waals surface area contributed by atoms with E-state index in [-0.39, 0.29) is 12.8 Å². The van der Waals surface area contributed by atoms with Crippen LogP contribution in [0.2, 0.25) is 10.0 Å². The van der Waals surface area contributed by atoms with Gasteiger partial charge in [0.15, 0.2) is 0 Å². The minimum atomic E-state index is -5.68. The van der Waals surface area contributed by atoms with Crippen LogP contribution in [-0.4, -0.2) is 48.4 Å². The summed E-state index contributed by atoms with van der Waals surface area (Å²) < 4.78 is 64.3. The molecule has 0 saturated carbocycles. The quantitative estimate of drug-likeness (QED) is 0.385. The van der Waals surface area contributed by atoms with Crippen molar-refractivity contribution < 1.29 is 36.3 Å². The van der Waals surface area contributed by atoms with E-state index < -0.39 is 63.8 Å². The highest BCUT2D eigenvalue weighted by atomic mass is 35.5. The van der Waals surface area contributed by atoms with E-state index in [0.29, 0.717) is 21.2 Å². The van der Waals surface area contributed by atoms with Gasteiger partial charge >= 0.3 is 21.5 Å². The number of carboxylic acid groups (broad SMARTS) is 1. The van der Waals surface area contributed by atoms with E-state index in [0.717, 1.165) is 0 Å². The second kappa shape index (κ2) is 11.4. The lowest BCUT2D eigenvalue weighted by Crippen LogP contribution is -2.58. The molecule has 208 valence electrons. The maximum atomic E-state index is 14.0. The van der Waals surface area contributed by atoms with Crippen molar-refractivity contribution >= 4 is 45.1 Å². The molecule has 13 heteroatoms. The average Bonchev–Trinajstić information content (AvgIpc) is 2.81. The third kappa shape index (κ3) is 6.44. The van der Waals surface area contributed by atoms with Gasteiger partial charge in [-0.15, -0.1) is 0 Å². The molecule has 0 radical (unpaired) electrons. The van der Waals surface area contributed by atoms with Crippen molar-refractivity contribution in [1.29, 1.82) is 0 Å². The normalized spacial score (nSPS) is 23.3. The van der Waals surface area contributed by atoms with E-state index in [2.05, 4.69) is 0 Å². The Morgan fingerprint density at radius 1 is 1.16 bits per heavy atom. The van der Waals surface area contributed by atoms with Crippen LogP contribution < -0.4 is 4.72 Å². The summed E-state index contributed by atoms with van der Waals surface area (Å²) in [5, 5.41) is 10.4. The van der Waals surface area contributed by atoms with Crippen molar-refractivity contribution in [2.75, 3.05) is 6.54 Å². The van der Waals surface area contributed by atoms with Gasteiger partial charge in [0.05, 0.1) is 17.9 Å². The maximum Gasteiger partial charge on any atom is 0.511 e. The number of likely N-dealkylation sites (tertiary alicyclic amines) is 1. The number of nitrogens with one attached hydrogen (secondary N) is 1. The molecule has 0 spiro atoms. The number of benzene rings is 2. The standard InChI is InChI=1S/C25H27Cl2F3N2O5S/c1-3-19(14-31-38(36,37)25(28,29)30)32-22(15-7-9-17(26)10-8-15)20(16-5-4-6-18(27)11-16)12-24(2,23(32)35)13-21(33)34/h4-11,19-20,22,31H,3,12-14H2,1-2H3,(H,33,34)/t19?,20?,22-,24-/m1/s1. The third-order valence-corrected chi connectivity index (χ3v) is 8.45. The lowest BCUT2D eigenvalue weighted by atomic mass is 9.67. The first kappa shape index (κ1) is 30.2. The first-order valence-electron chi connectivity index (χ1n) is 11.7. The van der Waals surface area contributed by atoms with Crippen LogP contribution in [0.25, 0.3) is 0 Å². The minimum absolute atomic E-state index is 0.0849. The van der Waals surface area contributed by atoms with Gasteiger partial charge in [0, 0.05) is 28.5 Å². The number of alkyl halides is 3. The highest BCUT2D eigenvalue weighted by Crippen LogP contribution is 2.52. The lowest BCUT2D eigenvalue weighted by Gasteiger charge is -2.52. The molecule has 2 unspecified atom stereocenters. The molecule has 4 atom stereocenters. The zero-order valence-electron chi connectivity index (χ0n) is 20.5. The van der Waals surface area contributed by atoms with E-state index in [1.165, 1.54) is 11.8 Å². The Balaban J connectivity index is 2.20. The van der Waals surface area contributed by atoms with Crippen LogP contribution in [0.5, 0.6) is 0 Å². The second-order valence-electron chi connectivity index (χ2n) is 9.57. The van der Waals surface area contributed by atoms with Gasteiger partial charge in [-0.1, -0.05) is 61.3 Å². The average molecular weight is 595 g/mol. The number of carboxylic acids is 1. The van der Waals surface area contributed by atoms with Crippen LogP contribution in [0.3, 0.4) is 0 Å². The molecule has 2 N–H and O–H groups in total. The smallest absolute Gasteiger partial charge is 0.481 e. The van der Waals surface area contributed by atoms with Crippen LogP contribution >= 0.6 is 23.2 Å². The zero-order valence-corrected chi connectivity index (χ0v) is 22.8. The molecule has 2 aromatic carbocycles. The van der Waals surface area contributed by atoms with Crippen LogP contribution in [0, 0.1) is 5.41 Å². The summed E-state index contributed by atoms with van der Waals surface area (Å²) in [6, 6.07) is 11.6. The number of nitrogens with zero attached hydrogens (tertiary/aromatic N) is 1. The van der Waals surface area contributed by atoms with Crippen LogP contribution in [-0.2, 0) is 19.6 Å². The van der Waals surface area contributed by atoms with Crippen LogP contribution in [0.1, 0.15) is 56.2 Å². The number of carbonyl (C=O) groups is 2. The summed E-state index contributed by atoms with van der Waals surface area (Å²) >= 11 is 12.3. The first-order valence-corrected chi connectivity index (χ1v) is 13.9. The Morgan fingerprint density at radius 2 is 1.79 bits per heavy atom. The largest absolute Gasteiger partial charge is 0.511 e. The summed E-state index contributed by atoms with van der Waals surface area (Å²) in [4.78, 5) is 27.1. The molecule has 1 aliphatic rings. The van der Waals surface area contributed by atoms with Crippen molar-refractivity contribution in [3.8, 4) is 0 Å². The minimum Gasteiger partial charge on any atom is -0.481 e. The van der Waals surface area contributed by atoms with Crippen LogP contribution in [0.15, 0.2) is 48.5 Å². The predicted octanol–water partition coefficient (Wildman–Crippen LogP) is 5.75. The molecule has 7 nitrogen and oxygen atoms in total. The SMILES string of the molecule is CCC(CNS(=O)(=O)C(F)(F)F)N1C(=O)[C@@](C)(CC(=O)O)CC(c2cccc(Cl)c2)[C@H]1c1ccc(Cl)cc1. The number of piperidine rings is 1. The number of aliphatic carboxylic acids is 1. The molecular formula is C25H27Cl2F3N2O5S. The molecule has 3 rings (SSSR count). The van der Waals surface area contributed by atoms with Gasteiger partial charge < -0.3 is 10.0 Å². The summed E-state index contributed by atoms with van der Waals surface area (Å²) in [6.07, 6.45) is -0.341. The van der Waals surface area contributed by atoms with Gasteiger partial charge in [0.1, 0.15) is 0 Å². The predicted molar refractivity (Wildman–Crippen MR) is 137 cm³/mol. The highest BCUT2D eigenvalue weighted by molar-refractivity contribution is 7.90. The van der Waals surface area contributed by atoms with E-state index in [1.54, 1.807) is 60.2 Å².